The largest absolute Gasteiger partial charge is 0.472 e. The van der Waals surface area contributed by atoms with E-state index in [2.05, 4.69) is 31.0 Å². The molecule has 0 aromatic heterocycles. The fourth-order valence-corrected chi connectivity index (χ4v) is 5.55. The molecule has 1 unspecified atom stereocenters. The van der Waals surface area contributed by atoms with Crippen molar-refractivity contribution in [2.24, 2.45) is 0 Å². The molecule has 0 spiro atoms. The van der Waals surface area contributed by atoms with Gasteiger partial charge in [0.25, 0.3) is 0 Å². The molecular weight excluding hydrogens is 445 g/mol. The molecule has 0 aliphatic carbocycles. The molecule has 1 aliphatic heterocycles. The van der Waals surface area contributed by atoms with Crippen LogP contribution in [-0.2, 0) is 13.6 Å². The predicted molar refractivity (Wildman–Crippen MR) is 145 cm³/mol. The van der Waals surface area contributed by atoms with Crippen LogP contribution < -0.4 is 0 Å². The maximum Gasteiger partial charge on any atom is 0.472 e. The summed E-state index contributed by atoms with van der Waals surface area (Å²) in [6.45, 7) is 4.40. The zero-order valence-corrected chi connectivity index (χ0v) is 23.5. The lowest BCUT2D eigenvalue weighted by Gasteiger charge is -2.29. The van der Waals surface area contributed by atoms with Crippen molar-refractivity contribution in [2.75, 3.05) is 26.7 Å². The quantitative estimate of drug-likeness (QED) is 0.0861. The molecule has 0 saturated carbocycles. The molecule has 5 nitrogen and oxygen atoms in total. The van der Waals surface area contributed by atoms with E-state index in [4.69, 9.17) is 9.05 Å². The van der Waals surface area contributed by atoms with E-state index in [9.17, 15) is 9.46 Å². The summed E-state index contributed by atoms with van der Waals surface area (Å²) in [5.74, 6) is 0. The molecule has 1 aliphatic rings. The molecule has 1 heterocycles. The second kappa shape index (κ2) is 22.0. The van der Waals surface area contributed by atoms with Crippen molar-refractivity contribution < 1.29 is 18.5 Å². The van der Waals surface area contributed by atoms with Crippen molar-refractivity contribution in [1.82, 2.24) is 4.90 Å². The van der Waals surface area contributed by atoms with Crippen LogP contribution in [0.25, 0.3) is 0 Å². The van der Waals surface area contributed by atoms with Crippen molar-refractivity contribution in [3.63, 3.8) is 0 Å². The van der Waals surface area contributed by atoms with Crippen LogP contribution in [0.15, 0.2) is 12.2 Å². The van der Waals surface area contributed by atoms with Crippen LogP contribution in [0, 0.1) is 0 Å². The van der Waals surface area contributed by atoms with Crippen molar-refractivity contribution in [3.05, 3.63) is 12.2 Å². The van der Waals surface area contributed by atoms with Gasteiger partial charge in [-0.2, -0.15) is 0 Å². The van der Waals surface area contributed by atoms with Gasteiger partial charge in [0.05, 0.1) is 12.7 Å². The molecule has 0 amide bonds. The van der Waals surface area contributed by atoms with E-state index in [-0.39, 0.29) is 6.10 Å². The number of unbranched alkanes of at least 4 members (excludes halogenated alkanes) is 16. The Morgan fingerprint density at radius 2 is 1.21 bits per heavy atom. The normalized spacial score (nSPS) is 17.5. The monoisotopic (exact) mass is 501 g/mol. The van der Waals surface area contributed by atoms with E-state index in [1.807, 2.05) is 0 Å². The minimum Gasteiger partial charge on any atom is -0.306 e. The Balaban J connectivity index is 1.78. The van der Waals surface area contributed by atoms with Gasteiger partial charge in [0.2, 0.25) is 0 Å². The fraction of sp³-hybridized carbons (Fsp3) is 0.929. The highest BCUT2D eigenvalue weighted by atomic mass is 31.2. The predicted octanol–water partition coefficient (Wildman–Crippen LogP) is 8.81. The zero-order valence-electron chi connectivity index (χ0n) is 22.6. The molecular formula is C28H56NO4P. The minimum absolute atomic E-state index is 0.154. The van der Waals surface area contributed by atoms with Crippen LogP contribution in [0.5, 0.6) is 0 Å². The Kier molecular flexibility index (Phi) is 20.6. The number of hydrogen-bond donors (Lipinski definition) is 1. The van der Waals surface area contributed by atoms with Crippen LogP contribution in [0.3, 0.4) is 0 Å². The summed E-state index contributed by atoms with van der Waals surface area (Å²) < 4.78 is 22.6. The molecule has 0 radical (unpaired) electrons. The first-order valence-electron chi connectivity index (χ1n) is 14.5. The van der Waals surface area contributed by atoms with E-state index >= 15 is 0 Å². The van der Waals surface area contributed by atoms with Gasteiger partial charge >= 0.3 is 7.82 Å². The van der Waals surface area contributed by atoms with Gasteiger partial charge in [-0.3, -0.25) is 9.05 Å². The van der Waals surface area contributed by atoms with Crippen LogP contribution in [-0.4, -0.2) is 42.6 Å². The molecule has 202 valence electrons. The molecule has 34 heavy (non-hydrogen) atoms. The summed E-state index contributed by atoms with van der Waals surface area (Å²) in [5, 5.41) is 0. The topological polar surface area (TPSA) is 59.0 Å². The summed E-state index contributed by atoms with van der Waals surface area (Å²) in [5.41, 5.74) is 0. The van der Waals surface area contributed by atoms with E-state index < -0.39 is 7.82 Å². The van der Waals surface area contributed by atoms with E-state index in [1.165, 1.54) is 103 Å². The third-order valence-electron chi connectivity index (χ3n) is 6.86. The molecule has 1 rings (SSSR count). The van der Waals surface area contributed by atoms with Gasteiger partial charge in [-0.1, -0.05) is 103 Å². The summed E-state index contributed by atoms with van der Waals surface area (Å²) in [6, 6.07) is 0. The maximum atomic E-state index is 12.1. The van der Waals surface area contributed by atoms with Crippen LogP contribution in [0.4, 0.5) is 0 Å². The highest BCUT2D eigenvalue weighted by molar-refractivity contribution is 7.47. The number of rotatable bonds is 23. The summed E-state index contributed by atoms with van der Waals surface area (Å²) in [4.78, 5) is 12.1. The molecule has 0 bridgehead atoms. The fourth-order valence-electron chi connectivity index (χ4n) is 4.55. The van der Waals surface area contributed by atoms with Gasteiger partial charge in [-0.05, 0) is 52.0 Å². The lowest BCUT2D eigenvalue weighted by Crippen LogP contribution is -2.33. The van der Waals surface area contributed by atoms with Gasteiger partial charge in [0.1, 0.15) is 0 Å². The first-order chi connectivity index (χ1) is 16.5. The average Bonchev–Trinajstić information content (AvgIpc) is 2.81. The van der Waals surface area contributed by atoms with Gasteiger partial charge in [-0.15, -0.1) is 0 Å². The number of allylic oxidation sites excluding steroid dienone is 2. The summed E-state index contributed by atoms with van der Waals surface area (Å²) >= 11 is 0. The second-order valence-corrected chi connectivity index (χ2v) is 11.7. The average molecular weight is 502 g/mol. The van der Waals surface area contributed by atoms with E-state index in [0.717, 1.165) is 38.8 Å². The maximum absolute atomic E-state index is 12.1. The Hall–Kier alpha value is -0.190. The van der Waals surface area contributed by atoms with Gasteiger partial charge < -0.3 is 9.79 Å². The first-order valence-corrected chi connectivity index (χ1v) is 16.0. The van der Waals surface area contributed by atoms with Gasteiger partial charge in [0, 0.05) is 13.1 Å². The van der Waals surface area contributed by atoms with Crippen molar-refractivity contribution in [2.45, 2.75) is 141 Å². The second-order valence-electron chi connectivity index (χ2n) is 10.3. The SMILES string of the molecule is CCCCCCCC/C=C\CCCCCCCCCCCCOP(=O)(O)OC1CCN(C)CC1. The molecule has 0 aromatic carbocycles. The van der Waals surface area contributed by atoms with Crippen LogP contribution in [0.1, 0.15) is 135 Å². The summed E-state index contributed by atoms with van der Waals surface area (Å²) in [7, 11) is -1.84. The molecule has 1 atom stereocenters. The number of likely N-dealkylation sites (tertiary alicyclic amines) is 1. The molecule has 0 aromatic rings. The van der Waals surface area contributed by atoms with Gasteiger partial charge in [0.15, 0.2) is 0 Å². The Bertz CT molecular complexity index is 521. The van der Waals surface area contributed by atoms with Gasteiger partial charge in [-0.25, -0.2) is 4.57 Å². The molecule has 1 fully saturated rings. The molecule has 1 saturated heterocycles. The van der Waals surface area contributed by atoms with E-state index in [1.54, 1.807) is 0 Å². The van der Waals surface area contributed by atoms with Crippen LogP contribution in [0.2, 0.25) is 0 Å². The number of nitrogens with zero attached hydrogens (tertiary/aromatic N) is 1. The highest BCUT2D eigenvalue weighted by Crippen LogP contribution is 2.46. The molecule has 6 heteroatoms. The first kappa shape index (κ1) is 31.8. The van der Waals surface area contributed by atoms with Crippen molar-refractivity contribution in [1.29, 1.82) is 0 Å². The lowest BCUT2D eigenvalue weighted by atomic mass is 10.1. The standard InChI is InChI=1S/C28H56NO4P/c1-3-4-5-6-7-8-9-10-11-12-13-14-15-16-17-18-19-20-21-22-27-32-34(30,31)33-28-23-25-29(2)26-24-28/h10-11,28H,3-9,12-27H2,1-2H3,(H,30,31)/b11-10-. The molecule has 1 N–H and O–H groups in total. The zero-order chi connectivity index (χ0) is 24.7. The Labute approximate surface area is 211 Å². The number of hydrogen-bond acceptors (Lipinski definition) is 4. The van der Waals surface area contributed by atoms with Crippen LogP contribution >= 0.6 is 7.82 Å². The number of phosphoric ester groups is 1. The van der Waals surface area contributed by atoms with Crippen molar-refractivity contribution >= 4 is 7.82 Å². The Morgan fingerprint density at radius 3 is 1.71 bits per heavy atom. The van der Waals surface area contributed by atoms with E-state index in [0.29, 0.717) is 6.61 Å². The minimum atomic E-state index is -3.90. The lowest BCUT2D eigenvalue weighted by molar-refractivity contribution is 0.0638. The highest BCUT2D eigenvalue weighted by Gasteiger charge is 2.28. The third-order valence-corrected chi connectivity index (χ3v) is 7.93. The Morgan fingerprint density at radius 1 is 0.765 bits per heavy atom. The summed E-state index contributed by atoms with van der Waals surface area (Å²) in [6.07, 6.45) is 29.4. The number of piperidine rings is 1. The third kappa shape index (κ3) is 20.0. The smallest absolute Gasteiger partial charge is 0.306 e. The van der Waals surface area contributed by atoms with Crippen molar-refractivity contribution in [3.8, 4) is 0 Å². The number of phosphoric acid groups is 1.